The highest BCUT2D eigenvalue weighted by Crippen LogP contribution is 2.29. The third-order valence-corrected chi connectivity index (χ3v) is 4.29. The van der Waals surface area contributed by atoms with Gasteiger partial charge in [-0.25, -0.2) is 4.98 Å². The summed E-state index contributed by atoms with van der Waals surface area (Å²) in [7, 11) is 3.11. The molecule has 5 heteroatoms. The van der Waals surface area contributed by atoms with E-state index in [0.717, 1.165) is 10.6 Å². The minimum atomic E-state index is -0.135. The van der Waals surface area contributed by atoms with E-state index in [1.165, 1.54) is 11.3 Å². The van der Waals surface area contributed by atoms with Crippen LogP contribution in [0.25, 0.3) is 10.6 Å². The normalized spacial score (nSPS) is 10.3. The van der Waals surface area contributed by atoms with Crippen molar-refractivity contribution in [2.45, 2.75) is 0 Å². The Bertz CT molecular complexity index is 827. The van der Waals surface area contributed by atoms with Crippen LogP contribution in [0.2, 0.25) is 0 Å². The first kappa shape index (κ1) is 15.2. The van der Waals surface area contributed by atoms with E-state index in [-0.39, 0.29) is 5.78 Å². The van der Waals surface area contributed by atoms with Crippen LogP contribution in [-0.4, -0.2) is 25.0 Å². The van der Waals surface area contributed by atoms with Gasteiger partial charge in [-0.1, -0.05) is 30.3 Å². The molecule has 116 valence electrons. The predicted octanol–water partition coefficient (Wildman–Crippen LogP) is 4.06. The maximum Gasteiger partial charge on any atom is 0.212 e. The Hall–Kier alpha value is -2.66. The van der Waals surface area contributed by atoms with Gasteiger partial charge in [0.15, 0.2) is 11.5 Å². The molecule has 0 saturated carbocycles. The molecule has 0 bridgehead atoms. The minimum absolute atomic E-state index is 0.135. The van der Waals surface area contributed by atoms with Crippen molar-refractivity contribution in [1.82, 2.24) is 4.98 Å². The molecule has 0 spiro atoms. The topological polar surface area (TPSA) is 48.4 Å². The van der Waals surface area contributed by atoms with Crippen LogP contribution in [0, 0.1) is 0 Å². The van der Waals surface area contributed by atoms with Gasteiger partial charge >= 0.3 is 0 Å². The first-order valence-corrected chi connectivity index (χ1v) is 7.88. The van der Waals surface area contributed by atoms with Crippen LogP contribution in [0.1, 0.15) is 16.1 Å². The van der Waals surface area contributed by atoms with Crippen molar-refractivity contribution in [2.24, 2.45) is 0 Å². The molecular weight excluding hydrogens is 310 g/mol. The summed E-state index contributed by atoms with van der Waals surface area (Å²) in [6.45, 7) is 0. The quantitative estimate of drug-likeness (QED) is 0.664. The summed E-state index contributed by atoms with van der Waals surface area (Å²) in [4.78, 5) is 17.1. The van der Waals surface area contributed by atoms with E-state index in [0.29, 0.717) is 22.8 Å². The molecule has 0 unspecified atom stereocenters. The van der Waals surface area contributed by atoms with E-state index >= 15 is 0 Å². The summed E-state index contributed by atoms with van der Waals surface area (Å²) < 4.78 is 10.4. The van der Waals surface area contributed by atoms with Gasteiger partial charge in [0.1, 0.15) is 10.7 Å². The first-order valence-electron chi connectivity index (χ1n) is 7.00. The zero-order valence-corrected chi connectivity index (χ0v) is 13.6. The van der Waals surface area contributed by atoms with Crippen molar-refractivity contribution < 1.29 is 14.3 Å². The van der Waals surface area contributed by atoms with E-state index in [9.17, 15) is 4.79 Å². The van der Waals surface area contributed by atoms with E-state index in [4.69, 9.17) is 9.47 Å². The van der Waals surface area contributed by atoms with E-state index in [1.54, 1.807) is 37.8 Å². The largest absolute Gasteiger partial charge is 0.493 e. The lowest BCUT2D eigenvalue weighted by atomic mass is 10.1. The van der Waals surface area contributed by atoms with Crippen molar-refractivity contribution in [3.63, 3.8) is 0 Å². The Labute approximate surface area is 138 Å². The minimum Gasteiger partial charge on any atom is -0.493 e. The second kappa shape index (κ2) is 6.62. The van der Waals surface area contributed by atoms with Crippen LogP contribution >= 0.6 is 11.3 Å². The van der Waals surface area contributed by atoms with Gasteiger partial charge in [-0.05, 0) is 18.2 Å². The first-order chi connectivity index (χ1) is 11.2. The highest BCUT2D eigenvalue weighted by Gasteiger charge is 2.16. The second-order valence-electron chi connectivity index (χ2n) is 4.80. The van der Waals surface area contributed by atoms with Gasteiger partial charge in [0, 0.05) is 16.5 Å². The number of thiazole rings is 1. The fourth-order valence-electron chi connectivity index (χ4n) is 2.22. The standard InChI is InChI=1S/C18H15NO3S/c1-21-15-9-8-13(10-16(15)22-2)17(20)14-11-23-18(19-14)12-6-4-3-5-7-12/h3-11H,1-2H3. The number of benzene rings is 2. The number of methoxy groups -OCH3 is 2. The predicted molar refractivity (Wildman–Crippen MR) is 90.5 cm³/mol. The van der Waals surface area contributed by atoms with E-state index < -0.39 is 0 Å². The molecule has 0 aliphatic carbocycles. The number of hydrogen-bond donors (Lipinski definition) is 0. The van der Waals surface area contributed by atoms with Gasteiger partial charge in [-0.2, -0.15) is 0 Å². The van der Waals surface area contributed by atoms with E-state index in [2.05, 4.69) is 4.98 Å². The number of rotatable bonds is 5. The number of nitrogens with zero attached hydrogens (tertiary/aromatic N) is 1. The number of hydrogen-bond acceptors (Lipinski definition) is 5. The maximum absolute atomic E-state index is 12.6. The van der Waals surface area contributed by atoms with Crippen LogP contribution < -0.4 is 9.47 Å². The molecule has 0 amide bonds. The lowest BCUT2D eigenvalue weighted by Crippen LogP contribution is -2.03. The molecule has 0 aliphatic heterocycles. The van der Waals surface area contributed by atoms with Crippen molar-refractivity contribution in [1.29, 1.82) is 0 Å². The Balaban J connectivity index is 1.91. The highest BCUT2D eigenvalue weighted by atomic mass is 32.1. The van der Waals surface area contributed by atoms with Crippen molar-refractivity contribution in [2.75, 3.05) is 14.2 Å². The van der Waals surface area contributed by atoms with Gasteiger partial charge in [-0.3, -0.25) is 4.79 Å². The summed E-state index contributed by atoms with van der Waals surface area (Å²) in [5, 5.41) is 2.61. The summed E-state index contributed by atoms with van der Waals surface area (Å²) in [5.74, 6) is 0.980. The summed E-state index contributed by atoms with van der Waals surface area (Å²) in [6.07, 6.45) is 0. The number of carbonyl (C=O) groups is 1. The molecule has 0 saturated heterocycles. The molecule has 1 heterocycles. The molecule has 1 aromatic heterocycles. The van der Waals surface area contributed by atoms with Gasteiger partial charge in [0.05, 0.1) is 14.2 Å². The fourth-order valence-corrected chi connectivity index (χ4v) is 3.02. The van der Waals surface area contributed by atoms with Crippen molar-refractivity contribution in [3.05, 3.63) is 65.2 Å². The Morgan fingerprint density at radius 3 is 2.43 bits per heavy atom. The molecule has 2 aromatic carbocycles. The number of ketones is 1. The lowest BCUT2D eigenvalue weighted by Gasteiger charge is -2.08. The Morgan fingerprint density at radius 2 is 1.74 bits per heavy atom. The average Bonchev–Trinajstić information content (AvgIpc) is 3.11. The monoisotopic (exact) mass is 325 g/mol. The summed E-state index contributed by atoms with van der Waals surface area (Å²) >= 11 is 1.46. The van der Waals surface area contributed by atoms with Gasteiger partial charge in [0.2, 0.25) is 5.78 Å². The van der Waals surface area contributed by atoms with Crippen LogP contribution in [-0.2, 0) is 0 Å². The molecule has 23 heavy (non-hydrogen) atoms. The second-order valence-corrected chi connectivity index (χ2v) is 5.66. The molecule has 0 aliphatic rings. The molecule has 0 N–H and O–H groups in total. The van der Waals surface area contributed by atoms with Gasteiger partial charge in [0.25, 0.3) is 0 Å². The van der Waals surface area contributed by atoms with Crippen molar-refractivity contribution >= 4 is 17.1 Å². The molecule has 0 radical (unpaired) electrons. The molecule has 3 rings (SSSR count). The Kier molecular flexibility index (Phi) is 4.39. The van der Waals surface area contributed by atoms with Crippen LogP contribution in [0.4, 0.5) is 0 Å². The summed E-state index contributed by atoms with van der Waals surface area (Å²) in [6, 6.07) is 14.9. The van der Waals surface area contributed by atoms with Crippen molar-refractivity contribution in [3.8, 4) is 22.1 Å². The number of carbonyl (C=O) groups excluding carboxylic acids is 1. The highest BCUT2D eigenvalue weighted by molar-refractivity contribution is 7.13. The van der Waals surface area contributed by atoms with Crippen LogP contribution in [0.15, 0.2) is 53.9 Å². The molecule has 0 fully saturated rings. The number of ether oxygens (including phenoxy) is 2. The SMILES string of the molecule is COc1ccc(C(=O)c2csc(-c3ccccc3)n2)cc1OC. The van der Waals surface area contributed by atoms with Crippen LogP contribution in [0.3, 0.4) is 0 Å². The number of aromatic nitrogens is 1. The molecule has 4 nitrogen and oxygen atoms in total. The average molecular weight is 325 g/mol. The molecule has 0 atom stereocenters. The zero-order valence-electron chi connectivity index (χ0n) is 12.8. The Morgan fingerprint density at radius 1 is 1.00 bits per heavy atom. The smallest absolute Gasteiger partial charge is 0.212 e. The third-order valence-electron chi connectivity index (χ3n) is 3.40. The van der Waals surface area contributed by atoms with Crippen LogP contribution in [0.5, 0.6) is 11.5 Å². The zero-order chi connectivity index (χ0) is 16.2. The lowest BCUT2D eigenvalue weighted by molar-refractivity contribution is 0.103. The van der Waals surface area contributed by atoms with E-state index in [1.807, 2.05) is 30.3 Å². The fraction of sp³-hybridized carbons (Fsp3) is 0.111. The molecular formula is C18H15NO3S. The summed E-state index contributed by atoms with van der Waals surface area (Å²) in [5.41, 5.74) is 1.96. The molecule has 3 aromatic rings. The maximum atomic E-state index is 12.6. The van der Waals surface area contributed by atoms with Gasteiger partial charge < -0.3 is 9.47 Å². The third kappa shape index (κ3) is 3.10. The van der Waals surface area contributed by atoms with Gasteiger partial charge in [-0.15, -0.1) is 11.3 Å².